The van der Waals surface area contributed by atoms with Crippen molar-refractivity contribution in [3.8, 4) is 0 Å². The van der Waals surface area contributed by atoms with E-state index in [1.807, 2.05) is 6.69 Å². The molecule has 0 fully saturated rings. The molecule has 0 saturated heterocycles. The third-order valence-electron chi connectivity index (χ3n) is 3.79. The minimum atomic E-state index is 0.666. The van der Waals surface area contributed by atoms with Gasteiger partial charge in [0.25, 0.3) is 0 Å². The van der Waals surface area contributed by atoms with E-state index in [2.05, 4.69) is 13.8 Å². The van der Waals surface area contributed by atoms with E-state index in [1.54, 1.807) is 0 Å². The van der Waals surface area contributed by atoms with Crippen molar-refractivity contribution in [2.24, 2.45) is 0 Å². The van der Waals surface area contributed by atoms with Gasteiger partial charge >= 0.3 is 0 Å². The molecule has 0 aliphatic heterocycles. The predicted molar refractivity (Wildman–Crippen MR) is 86.7 cm³/mol. The second-order valence-corrected chi connectivity index (χ2v) is 5.90. The molecule has 0 saturated carbocycles. The molecule has 0 aromatic heterocycles. The second kappa shape index (κ2) is 15.4. The van der Waals surface area contributed by atoms with Gasteiger partial charge in [0.15, 0.2) is 0 Å². The van der Waals surface area contributed by atoms with Gasteiger partial charge in [-0.15, -0.1) is 0 Å². The molecule has 0 N–H and O–H groups in total. The molecule has 0 bridgehead atoms. The van der Waals surface area contributed by atoms with Gasteiger partial charge in [0.2, 0.25) is 6.69 Å². The summed E-state index contributed by atoms with van der Waals surface area (Å²) in [6, 6.07) is 0. The summed E-state index contributed by atoms with van der Waals surface area (Å²) in [7, 11) is 0. The minimum absolute atomic E-state index is 0.666. The fourth-order valence-corrected chi connectivity index (χ4v) is 2.72. The second-order valence-electron chi connectivity index (χ2n) is 5.65. The number of hydrogen-bond acceptors (Lipinski definition) is 0. The lowest BCUT2D eigenvalue weighted by atomic mass is 9.78. The molecule has 107 valence electrons. The summed E-state index contributed by atoms with van der Waals surface area (Å²) >= 11 is 5.95. The third kappa shape index (κ3) is 12.8. The molecule has 0 heterocycles. The number of hydrogen-bond donors (Lipinski definition) is 0. The lowest BCUT2D eigenvalue weighted by Crippen LogP contribution is -1.99. The van der Waals surface area contributed by atoms with Gasteiger partial charge in [0.1, 0.15) is 0 Å². The summed E-state index contributed by atoms with van der Waals surface area (Å²) in [6.07, 6.45) is 17.9. The summed E-state index contributed by atoms with van der Waals surface area (Å²) in [5.41, 5.74) is 0. The first-order valence-corrected chi connectivity index (χ1v) is 8.72. The topological polar surface area (TPSA) is 0 Å². The number of halogens is 1. The molecule has 1 unspecified atom stereocenters. The van der Waals surface area contributed by atoms with Crippen LogP contribution in [-0.4, -0.2) is 6.69 Å². The lowest BCUT2D eigenvalue weighted by molar-refractivity contribution is 0.537. The van der Waals surface area contributed by atoms with Gasteiger partial charge in [-0.25, -0.2) is 11.5 Å². The van der Waals surface area contributed by atoms with Crippen LogP contribution >= 0.6 is 11.5 Å². The molecule has 1 radical (unpaired) electrons. The van der Waals surface area contributed by atoms with Gasteiger partial charge in [-0.05, 0) is 0 Å². The van der Waals surface area contributed by atoms with Crippen molar-refractivity contribution in [3.63, 3.8) is 0 Å². The van der Waals surface area contributed by atoms with Gasteiger partial charge in [-0.1, -0.05) is 103 Å². The molecule has 0 amide bonds. The molecular weight excluding hydrogens is 238 g/mol. The Labute approximate surface area is 121 Å². The Morgan fingerprint density at radius 3 is 1.44 bits per heavy atom. The average Bonchev–Trinajstić information content (AvgIpc) is 2.40. The smallest absolute Gasteiger partial charge is 0.204 e. The highest BCUT2D eigenvalue weighted by Gasteiger charge is 2.08. The Morgan fingerprint density at radius 2 is 1.06 bits per heavy atom. The molecule has 0 aromatic rings. The summed E-state index contributed by atoms with van der Waals surface area (Å²) < 4.78 is 0. The monoisotopic (exact) mass is 271 g/mol. The van der Waals surface area contributed by atoms with Crippen LogP contribution in [0.5, 0.6) is 0 Å². The molecule has 0 spiro atoms. The molecular formula is C16H33BCl. The maximum absolute atomic E-state index is 5.95. The van der Waals surface area contributed by atoms with Crippen LogP contribution in [0.25, 0.3) is 0 Å². The Hall–Kier alpha value is 0.355. The van der Waals surface area contributed by atoms with E-state index in [9.17, 15) is 0 Å². The number of rotatable bonds is 14. The molecule has 0 aromatic carbocycles. The van der Waals surface area contributed by atoms with Crippen molar-refractivity contribution in [1.29, 1.82) is 0 Å². The molecule has 0 nitrogen and oxygen atoms in total. The van der Waals surface area contributed by atoms with E-state index < -0.39 is 0 Å². The fourth-order valence-electron chi connectivity index (χ4n) is 2.47. The summed E-state index contributed by atoms with van der Waals surface area (Å²) in [6.45, 7) is 6.47. The van der Waals surface area contributed by atoms with Gasteiger partial charge < -0.3 is 0 Å². The van der Waals surface area contributed by atoms with Crippen LogP contribution in [0.1, 0.15) is 97.3 Å². The molecule has 1 atom stereocenters. The van der Waals surface area contributed by atoms with Crippen LogP contribution in [0, 0.1) is 0 Å². The predicted octanol–water partition coefficient (Wildman–Crippen LogP) is 6.74. The molecule has 0 aliphatic rings. The van der Waals surface area contributed by atoms with Crippen molar-refractivity contribution in [2.75, 3.05) is 0 Å². The third-order valence-corrected chi connectivity index (χ3v) is 4.14. The summed E-state index contributed by atoms with van der Waals surface area (Å²) in [5.74, 6) is 0.666. The molecule has 18 heavy (non-hydrogen) atoms. The van der Waals surface area contributed by atoms with Crippen LogP contribution in [0.2, 0.25) is 5.82 Å². The highest BCUT2D eigenvalue weighted by atomic mass is 35.5. The largest absolute Gasteiger partial charge is 0.241 e. The first-order valence-electron chi connectivity index (χ1n) is 8.28. The molecule has 2 heteroatoms. The van der Waals surface area contributed by atoms with E-state index in [0.29, 0.717) is 5.82 Å². The van der Waals surface area contributed by atoms with Gasteiger partial charge in [-0.2, -0.15) is 0 Å². The van der Waals surface area contributed by atoms with Crippen LogP contribution in [0.4, 0.5) is 0 Å². The zero-order valence-corrected chi connectivity index (χ0v) is 13.5. The van der Waals surface area contributed by atoms with Gasteiger partial charge in [-0.3, -0.25) is 0 Å². The Bertz CT molecular complexity index is 150. The Kier molecular flexibility index (Phi) is 15.7. The van der Waals surface area contributed by atoms with Gasteiger partial charge in [0.05, 0.1) is 0 Å². The SMILES string of the molecule is CCCCCCCCC([B]Cl)CCCCCCC. The highest BCUT2D eigenvalue weighted by molar-refractivity contribution is 6.94. The van der Waals surface area contributed by atoms with Crippen molar-refractivity contribution >= 4 is 18.2 Å². The maximum Gasteiger partial charge on any atom is 0.241 e. The van der Waals surface area contributed by atoms with Gasteiger partial charge in [0, 0.05) is 0 Å². The van der Waals surface area contributed by atoms with E-state index in [0.717, 1.165) is 0 Å². The molecule has 0 rings (SSSR count). The van der Waals surface area contributed by atoms with E-state index in [1.165, 1.54) is 83.5 Å². The van der Waals surface area contributed by atoms with Crippen LogP contribution in [0.15, 0.2) is 0 Å². The zero-order valence-electron chi connectivity index (χ0n) is 12.7. The van der Waals surface area contributed by atoms with Crippen molar-refractivity contribution in [1.82, 2.24) is 0 Å². The first-order chi connectivity index (χ1) is 8.85. The van der Waals surface area contributed by atoms with Crippen molar-refractivity contribution < 1.29 is 0 Å². The highest BCUT2D eigenvalue weighted by Crippen LogP contribution is 2.23. The normalized spacial score (nSPS) is 12.6. The minimum Gasteiger partial charge on any atom is -0.204 e. The van der Waals surface area contributed by atoms with Crippen LogP contribution in [0.3, 0.4) is 0 Å². The lowest BCUT2D eigenvalue weighted by Gasteiger charge is -2.12. The number of unbranched alkanes of at least 4 members (excludes halogenated alkanes) is 9. The maximum atomic E-state index is 5.95. The first kappa shape index (κ1) is 18.4. The average molecular weight is 272 g/mol. The Balaban J connectivity index is 3.29. The van der Waals surface area contributed by atoms with E-state index >= 15 is 0 Å². The fraction of sp³-hybridized carbons (Fsp3) is 1.00. The van der Waals surface area contributed by atoms with Crippen LogP contribution in [-0.2, 0) is 0 Å². The standard InChI is InChI=1S/C16H33BCl/c1-3-5-7-9-11-13-15-16(17-18)14-12-10-8-6-4-2/h16H,3-15H2,1-2H3. The van der Waals surface area contributed by atoms with E-state index in [-0.39, 0.29) is 0 Å². The zero-order chi connectivity index (χ0) is 13.5. The molecule has 0 aliphatic carbocycles. The quantitative estimate of drug-likeness (QED) is 0.242. The Morgan fingerprint density at radius 1 is 0.667 bits per heavy atom. The van der Waals surface area contributed by atoms with Crippen molar-refractivity contribution in [3.05, 3.63) is 0 Å². The van der Waals surface area contributed by atoms with Crippen LogP contribution < -0.4 is 0 Å². The van der Waals surface area contributed by atoms with E-state index in [4.69, 9.17) is 11.5 Å². The van der Waals surface area contributed by atoms with Crippen molar-refractivity contribution in [2.45, 2.75) is 103 Å². The summed E-state index contributed by atoms with van der Waals surface area (Å²) in [4.78, 5) is 0. The summed E-state index contributed by atoms with van der Waals surface area (Å²) in [5, 5.41) is 0.